The Hall–Kier alpha value is -2.41. The van der Waals surface area contributed by atoms with Crippen LogP contribution in [0.3, 0.4) is 0 Å². The fourth-order valence-corrected chi connectivity index (χ4v) is 2.55. The van der Waals surface area contributed by atoms with E-state index >= 15 is 0 Å². The van der Waals surface area contributed by atoms with Gasteiger partial charge in [0, 0.05) is 18.7 Å². The summed E-state index contributed by atoms with van der Waals surface area (Å²) in [6.45, 7) is 1.95. The average Bonchev–Trinajstić information content (AvgIpc) is 3.12. The molecule has 21 heavy (non-hydrogen) atoms. The van der Waals surface area contributed by atoms with Crippen LogP contribution in [0.2, 0.25) is 0 Å². The van der Waals surface area contributed by atoms with E-state index in [0.29, 0.717) is 10.4 Å². The molecule has 0 fully saturated rings. The van der Waals surface area contributed by atoms with E-state index in [4.69, 9.17) is 4.42 Å². The summed E-state index contributed by atoms with van der Waals surface area (Å²) in [5.74, 6) is -0.580. The molecular weight excluding hydrogens is 292 g/mol. The molecule has 2 rings (SSSR count). The number of nitrogens with one attached hydrogen (secondary N) is 2. The first-order chi connectivity index (χ1) is 10.1. The van der Waals surface area contributed by atoms with Crippen molar-refractivity contribution in [1.29, 1.82) is 0 Å². The van der Waals surface area contributed by atoms with E-state index in [9.17, 15) is 14.4 Å². The van der Waals surface area contributed by atoms with Gasteiger partial charge in [0.05, 0.1) is 6.26 Å². The number of carbonyl (C=O) groups excluding carboxylic acids is 3. The monoisotopic (exact) mass is 306 g/mol. The van der Waals surface area contributed by atoms with E-state index in [2.05, 4.69) is 10.6 Å². The van der Waals surface area contributed by atoms with Gasteiger partial charge in [0.2, 0.25) is 0 Å². The number of amides is 2. The highest BCUT2D eigenvalue weighted by Gasteiger charge is 2.15. The van der Waals surface area contributed by atoms with Gasteiger partial charge >= 0.3 is 0 Å². The number of carbonyl (C=O) groups is 3. The summed E-state index contributed by atoms with van der Waals surface area (Å²) < 4.78 is 4.94. The Kier molecular flexibility index (Phi) is 4.89. The van der Waals surface area contributed by atoms with Crippen molar-refractivity contribution in [2.24, 2.45) is 0 Å². The maximum absolute atomic E-state index is 11.9. The van der Waals surface area contributed by atoms with Crippen molar-refractivity contribution in [2.75, 3.05) is 13.1 Å². The molecular formula is C14H14N2O4S. The maximum atomic E-state index is 11.9. The normalized spacial score (nSPS) is 10.1. The van der Waals surface area contributed by atoms with Gasteiger partial charge in [-0.3, -0.25) is 14.4 Å². The largest absolute Gasteiger partial charge is 0.459 e. The van der Waals surface area contributed by atoms with E-state index in [1.54, 1.807) is 23.6 Å². The van der Waals surface area contributed by atoms with Gasteiger partial charge in [0.15, 0.2) is 11.5 Å². The predicted octanol–water partition coefficient (Wildman–Crippen LogP) is 1.70. The van der Waals surface area contributed by atoms with E-state index < -0.39 is 0 Å². The quantitative estimate of drug-likeness (QED) is 0.628. The number of hydrogen-bond donors (Lipinski definition) is 2. The van der Waals surface area contributed by atoms with Crippen LogP contribution in [0.4, 0.5) is 0 Å². The molecule has 0 aromatic carbocycles. The third-order valence-corrected chi connectivity index (χ3v) is 3.61. The highest BCUT2D eigenvalue weighted by atomic mass is 32.1. The van der Waals surface area contributed by atoms with Crippen LogP contribution in [0.1, 0.15) is 37.5 Å². The number of ketones is 1. The van der Waals surface area contributed by atoms with Gasteiger partial charge in [-0.05, 0) is 30.5 Å². The molecule has 2 heterocycles. The summed E-state index contributed by atoms with van der Waals surface area (Å²) in [5, 5.41) is 6.97. The fourth-order valence-electron chi connectivity index (χ4n) is 1.69. The van der Waals surface area contributed by atoms with Crippen molar-refractivity contribution in [3.63, 3.8) is 0 Å². The molecule has 0 spiro atoms. The number of furan rings is 1. The molecule has 7 heteroatoms. The first kappa shape index (κ1) is 15.0. The lowest BCUT2D eigenvalue weighted by Gasteiger charge is -2.06. The molecule has 110 valence electrons. The molecule has 0 aliphatic carbocycles. The lowest BCUT2D eigenvalue weighted by Crippen LogP contribution is -2.34. The molecule has 0 bridgehead atoms. The Labute approximate surface area is 125 Å². The molecule has 0 radical (unpaired) electrons. The highest BCUT2D eigenvalue weighted by Crippen LogP contribution is 2.16. The molecule has 2 amide bonds. The van der Waals surface area contributed by atoms with E-state index in [1.807, 2.05) is 0 Å². The van der Waals surface area contributed by atoms with E-state index in [0.717, 1.165) is 0 Å². The van der Waals surface area contributed by atoms with Crippen molar-refractivity contribution >= 4 is 28.9 Å². The first-order valence-electron chi connectivity index (χ1n) is 6.28. The Balaban J connectivity index is 1.78. The lowest BCUT2D eigenvalue weighted by atomic mass is 10.2. The summed E-state index contributed by atoms with van der Waals surface area (Å²) in [5.41, 5.74) is 0.414. The van der Waals surface area contributed by atoms with Crippen LogP contribution >= 0.6 is 11.3 Å². The highest BCUT2D eigenvalue weighted by molar-refractivity contribution is 7.12. The first-order valence-corrected chi connectivity index (χ1v) is 7.16. The molecule has 0 aliphatic rings. The van der Waals surface area contributed by atoms with Crippen molar-refractivity contribution in [3.05, 3.63) is 46.0 Å². The van der Waals surface area contributed by atoms with Gasteiger partial charge in [-0.2, -0.15) is 0 Å². The third kappa shape index (κ3) is 3.79. The van der Waals surface area contributed by atoms with Gasteiger partial charge in [-0.1, -0.05) is 0 Å². The van der Waals surface area contributed by atoms with Crippen LogP contribution in [0.15, 0.2) is 34.3 Å². The molecule has 0 unspecified atom stereocenters. The number of rotatable bonds is 6. The minimum Gasteiger partial charge on any atom is -0.459 e. The van der Waals surface area contributed by atoms with Gasteiger partial charge in [-0.25, -0.2) is 0 Å². The average molecular weight is 306 g/mol. The molecule has 2 aromatic rings. The van der Waals surface area contributed by atoms with Gasteiger partial charge in [0.1, 0.15) is 4.88 Å². The zero-order valence-electron chi connectivity index (χ0n) is 11.3. The minimum atomic E-state index is -0.338. The fraction of sp³-hybridized carbons (Fsp3) is 0.214. The Morgan fingerprint density at radius 1 is 1.14 bits per heavy atom. The van der Waals surface area contributed by atoms with Crippen molar-refractivity contribution in [1.82, 2.24) is 10.6 Å². The number of hydrogen-bond acceptors (Lipinski definition) is 5. The van der Waals surface area contributed by atoms with Crippen LogP contribution in [0.25, 0.3) is 0 Å². The van der Waals surface area contributed by atoms with Crippen LogP contribution in [0, 0.1) is 0 Å². The second kappa shape index (κ2) is 6.85. The van der Waals surface area contributed by atoms with Crippen molar-refractivity contribution < 1.29 is 18.8 Å². The topological polar surface area (TPSA) is 88.4 Å². The second-order valence-corrected chi connectivity index (χ2v) is 5.12. The smallest absolute Gasteiger partial charge is 0.287 e. The SMILES string of the molecule is CC(=O)c1ccsc1C(=O)NCCNC(=O)c1ccco1. The third-order valence-electron chi connectivity index (χ3n) is 2.69. The molecule has 2 N–H and O–H groups in total. The zero-order chi connectivity index (χ0) is 15.2. The maximum Gasteiger partial charge on any atom is 0.287 e. The van der Waals surface area contributed by atoms with Gasteiger partial charge in [0.25, 0.3) is 11.8 Å². The standard InChI is InChI=1S/C14H14N2O4S/c1-9(17)10-4-8-21-12(10)14(19)16-6-5-15-13(18)11-3-2-7-20-11/h2-4,7-8H,5-6H2,1H3,(H,15,18)(H,16,19). The summed E-state index contributed by atoms with van der Waals surface area (Å²) in [6, 6.07) is 4.80. The second-order valence-electron chi connectivity index (χ2n) is 4.21. The molecule has 0 aliphatic heterocycles. The summed E-state index contributed by atoms with van der Waals surface area (Å²) in [4.78, 5) is 35.2. The summed E-state index contributed by atoms with van der Waals surface area (Å²) in [7, 11) is 0. The minimum absolute atomic E-state index is 0.146. The molecule has 0 saturated carbocycles. The Morgan fingerprint density at radius 3 is 2.48 bits per heavy atom. The predicted molar refractivity (Wildman–Crippen MR) is 77.7 cm³/mol. The Bertz CT molecular complexity index is 646. The van der Waals surface area contributed by atoms with E-state index in [1.165, 1.54) is 24.5 Å². The molecule has 0 atom stereocenters. The number of thiophene rings is 1. The van der Waals surface area contributed by atoms with Gasteiger partial charge in [-0.15, -0.1) is 11.3 Å². The molecule has 2 aromatic heterocycles. The van der Waals surface area contributed by atoms with Crippen LogP contribution in [0.5, 0.6) is 0 Å². The van der Waals surface area contributed by atoms with Crippen LogP contribution in [-0.2, 0) is 0 Å². The van der Waals surface area contributed by atoms with Crippen molar-refractivity contribution in [3.8, 4) is 0 Å². The van der Waals surface area contributed by atoms with Crippen molar-refractivity contribution in [2.45, 2.75) is 6.92 Å². The molecule has 0 saturated heterocycles. The summed E-state index contributed by atoms with van der Waals surface area (Å²) in [6.07, 6.45) is 1.41. The van der Waals surface area contributed by atoms with Crippen LogP contribution in [-0.4, -0.2) is 30.7 Å². The Morgan fingerprint density at radius 2 is 1.86 bits per heavy atom. The van der Waals surface area contributed by atoms with Crippen LogP contribution < -0.4 is 10.6 Å². The lowest BCUT2D eigenvalue weighted by molar-refractivity contribution is 0.0910. The summed E-state index contributed by atoms with van der Waals surface area (Å²) >= 11 is 1.21. The van der Waals surface area contributed by atoms with E-state index in [-0.39, 0.29) is 36.4 Å². The number of Topliss-reactive ketones (excluding diaryl/α,β-unsaturated/α-hetero) is 1. The van der Waals surface area contributed by atoms with Gasteiger partial charge < -0.3 is 15.1 Å². The zero-order valence-corrected chi connectivity index (χ0v) is 12.2. The molecule has 6 nitrogen and oxygen atoms in total.